The maximum atomic E-state index is 8.92. The lowest BCUT2D eigenvalue weighted by molar-refractivity contribution is -0.0430. The Kier molecular flexibility index (Phi) is 2.68. The lowest BCUT2D eigenvalue weighted by atomic mass is 10.1. The highest BCUT2D eigenvalue weighted by Crippen LogP contribution is 2.24. The second-order valence-corrected chi connectivity index (χ2v) is 2.55. The molecule has 66 valence electrons. The van der Waals surface area contributed by atoms with E-state index in [4.69, 9.17) is 14.9 Å². The Labute approximate surface area is 71.2 Å². The van der Waals surface area contributed by atoms with Crippen molar-refractivity contribution in [3.63, 3.8) is 0 Å². The average molecular weight is 168 g/mol. The zero-order valence-electron chi connectivity index (χ0n) is 7.11. The number of benzene rings is 1. The van der Waals surface area contributed by atoms with Gasteiger partial charge in [-0.3, -0.25) is 0 Å². The van der Waals surface area contributed by atoms with Crippen molar-refractivity contribution in [2.24, 2.45) is 0 Å². The third-order valence-electron chi connectivity index (χ3n) is 1.82. The molecule has 0 atom stereocenters. The topological polar surface area (TPSA) is 49.7 Å². The molecule has 0 aliphatic heterocycles. The van der Waals surface area contributed by atoms with Crippen LogP contribution < -0.4 is 4.74 Å². The fraction of sp³-hybridized carbons (Fsp3) is 0.333. The van der Waals surface area contributed by atoms with E-state index in [9.17, 15) is 0 Å². The Balaban J connectivity index is 3.14. The fourth-order valence-corrected chi connectivity index (χ4v) is 1.13. The smallest absolute Gasteiger partial charge is 0.178 e. The summed E-state index contributed by atoms with van der Waals surface area (Å²) in [5.74, 6) is 0.667. The molecule has 0 radical (unpaired) electrons. The van der Waals surface area contributed by atoms with E-state index in [-0.39, 0.29) is 0 Å². The molecule has 1 aromatic rings. The van der Waals surface area contributed by atoms with Gasteiger partial charge in [0.2, 0.25) is 0 Å². The van der Waals surface area contributed by atoms with Crippen LogP contribution in [-0.2, 0) is 0 Å². The van der Waals surface area contributed by atoms with E-state index >= 15 is 0 Å². The van der Waals surface area contributed by atoms with Crippen LogP contribution in [0.15, 0.2) is 18.2 Å². The van der Waals surface area contributed by atoms with E-state index in [1.807, 2.05) is 0 Å². The molecule has 1 aromatic carbocycles. The van der Waals surface area contributed by atoms with Gasteiger partial charge in [-0.2, -0.15) is 0 Å². The van der Waals surface area contributed by atoms with Crippen LogP contribution in [-0.4, -0.2) is 17.3 Å². The highest BCUT2D eigenvalue weighted by atomic mass is 16.5. The summed E-state index contributed by atoms with van der Waals surface area (Å²) in [5.41, 5.74) is 1.24. The third-order valence-corrected chi connectivity index (χ3v) is 1.82. The van der Waals surface area contributed by atoms with E-state index < -0.39 is 6.29 Å². The summed E-state index contributed by atoms with van der Waals surface area (Å²) in [6.45, 7) is 1.79. The normalized spacial score (nSPS) is 10.4. The molecule has 0 saturated heterocycles. The third kappa shape index (κ3) is 1.57. The Hall–Kier alpha value is -1.06. The zero-order valence-corrected chi connectivity index (χ0v) is 7.11. The molecule has 3 heteroatoms. The Morgan fingerprint density at radius 3 is 2.50 bits per heavy atom. The summed E-state index contributed by atoms with van der Waals surface area (Å²) < 4.78 is 5.01. The molecule has 0 bridgehead atoms. The van der Waals surface area contributed by atoms with Gasteiger partial charge < -0.3 is 14.9 Å². The van der Waals surface area contributed by atoms with Gasteiger partial charge >= 0.3 is 0 Å². The highest BCUT2D eigenvalue weighted by Gasteiger charge is 2.08. The second kappa shape index (κ2) is 3.56. The van der Waals surface area contributed by atoms with E-state index in [0.717, 1.165) is 5.56 Å². The van der Waals surface area contributed by atoms with Gasteiger partial charge in [-0.25, -0.2) is 0 Å². The predicted octanol–water partition coefficient (Wildman–Crippen LogP) is 0.987. The Morgan fingerprint density at radius 1 is 1.33 bits per heavy atom. The number of ether oxygens (including phenoxy) is 1. The lowest BCUT2D eigenvalue weighted by Crippen LogP contribution is -1.99. The minimum Gasteiger partial charge on any atom is -0.496 e. The first kappa shape index (κ1) is 9.03. The van der Waals surface area contributed by atoms with Crippen LogP contribution in [0.1, 0.15) is 17.4 Å². The maximum absolute atomic E-state index is 8.92. The first-order valence-corrected chi connectivity index (χ1v) is 3.66. The van der Waals surface area contributed by atoms with Crippen LogP contribution in [0.4, 0.5) is 0 Å². The number of rotatable bonds is 2. The second-order valence-electron chi connectivity index (χ2n) is 2.55. The van der Waals surface area contributed by atoms with Crippen LogP contribution in [0.25, 0.3) is 0 Å². The molecule has 0 heterocycles. The molecule has 0 aliphatic carbocycles. The van der Waals surface area contributed by atoms with Gasteiger partial charge in [-0.15, -0.1) is 0 Å². The summed E-state index contributed by atoms with van der Waals surface area (Å²) in [6, 6.07) is 5.16. The first-order valence-electron chi connectivity index (χ1n) is 3.66. The number of aliphatic hydroxyl groups excluding tert-OH is 1. The molecule has 1 rings (SSSR count). The Morgan fingerprint density at radius 2 is 2.00 bits per heavy atom. The quantitative estimate of drug-likeness (QED) is 0.647. The van der Waals surface area contributed by atoms with E-state index in [2.05, 4.69) is 0 Å². The molecule has 0 unspecified atom stereocenters. The van der Waals surface area contributed by atoms with E-state index in [0.29, 0.717) is 11.3 Å². The average Bonchev–Trinajstić information content (AvgIpc) is 2.04. The number of methoxy groups -OCH3 is 1. The van der Waals surface area contributed by atoms with Gasteiger partial charge in [0.05, 0.1) is 7.11 Å². The lowest BCUT2D eigenvalue weighted by Gasteiger charge is -2.10. The molecule has 0 amide bonds. The summed E-state index contributed by atoms with van der Waals surface area (Å²) >= 11 is 0. The van der Waals surface area contributed by atoms with Crippen LogP contribution in [0, 0.1) is 6.92 Å². The van der Waals surface area contributed by atoms with Gasteiger partial charge in [-0.1, -0.05) is 12.1 Å². The SMILES string of the molecule is COc1cccc(C(O)O)c1C. The van der Waals surface area contributed by atoms with Crippen molar-refractivity contribution in [2.45, 2.75) is 13.2 Å². The molecule has 0 aromatic heterocycles. The van der Waals surface area contributed by atoms with Crippen molar-refractivity contribution in [3.8, 4) is 5.75 Å². The summed E-state index contributed by atoms with van der Waals surface area (Å²) in [7, 11) is 1.55. The fourth-order valence-electron chi connectivity index (χ4n) is 1.13. The van der Waals surface area contributed by atoms with Gasteiger partial charge in [0.25, 0.3) is 0 Å². The molecule has 0 aliphatic rings. The van der Waals surface area contributed by atoms with Crippen molar-refractivity contribution in [3.05, 3.63) is 29.3 Å². The molecule has 0 spiro atoms. The monoisotopic (exact) mass is 168 g/mol. The minimum atomic E-state index is -1.43. The van der Waals surface area contributed by atoms with E-state index in [1.165, 1.54) is 0 Å². The van der Waals surface area contributed by atoms with Crippen molar-refractivity contribution in [2.75, 3.05) is 7.11 Å². The maximum Gasteiger partial charge on any atom is 0.178 e. The highest BCUT2D eigenvalue weighted by molar-refractivity contribution is 5.39. The van der Waals surface area contributed by atoms with E-state index in [1.54, 1.807) is 32.2 Å². The molecule has 0 fully saturated rings. The van der Waals surface area contributed by atoms with Crippen molar-refractivity contribution < 1.29 is 14.9 Å². The van der Waals surface area contributed by atoms with Crippen LogP contribution >= 0.6 is 0 Å². The van der Waals surface area contributed by atoms with Crippen molar-refractivity contribution >= 4 is 0 Å². The van der Waals surface area contributed by atoms with Gasteiger partial charge in [-0.05, 0) is 18.6 Å². The minimum absolute atomic E-state index is 0.481. The number of aliphatic hydroxyl groups is 2. The van der Waals surface area contributed by atoms with Crippen LogP contribution in [0.2, 0.25) is 0 Å². The van der Waals surface area contributed by atoms with Crippen molar-refractivity contribution in [1.29, 1.82) is 0 Å². The van der Waals surface area contributed by atoms with Gasteiger partial charge in [0.15, 0.2) is 6.29 Å². The molecule has 2 N–H and O–H groups in total. The zero-order chi connectivity index (χ0) is 9.14. The molecule has 0 saturated carbocycles. The summed E-state index contributed by atoms with van der Waals surface area (Å²) in [5, 5.41) is 17.8. The largest absolute Gasteiger partial charge is 0.496 e. The Bertz CT molecular complexity index is 268. The number of hydrogen-bond acceptors (Lipinski definition) is 3. The van der Waals surface area contributed by atoms with Crippen LogP contribution in [0.3, 0.4) is 0 Å². The van der Waals surface area contributed by atoms with Gasteiger partial charge in [0.1, 0.15) is 5.75 Å². The van der Waals surface area contributed by atoms with Gasteiger partial charge in [0, 0.05) is 5.56 Å². The summed E-state index contributed by atoms with van der Waals surface area (Å²) in [4.78, 5) is 0. The molecule has 3 nitrogen and oxygen atoms in total. The summed E-state index contributed by atoms with van der Waals surface area (Å²) in [6.07, 6.45) is -1.43. The van der Waals surface area contributed by atoms with Crippen LogP contribution in [0.5, 0.6) is 5.75 Å². The molecular weight excluding hydrogens is 156 g/mol. The first-order chi connectivity index (χ1) is 5.66. The predicted molar refractivity (Wildman–Crippen MR) is 44.9 cm³/mol. The standard InChI is InChI=1S/C9H12O3/c1-6-7(9(10)11)4-3-5-8(6)12-2/h3-5,9-11H,1-2H3. The number of hydrogen-bond donors (Lipinski definition) is 2. The molecular formula is C9H12O3. The molecule has 12 heavy (non-hydrogen) atoms. The van der Waals surface area contributed by atoms with Crippen molar-refractivity contribution in [1.82, 2.24) is 0 Å².